The predicted octanol–water partition coefficient (Wildman–Crippen LogP) is -2.95. The maximum atomic E-state index is 6.93. The summed E-state index contributed by atoms with van der Waals surface area (Å²) in [7, 11) is 0. The standard InChI is InChI=1S/C2H7N6.Al.2H/c3-1(4)7-8-2(5)6;;;/h(H7-,3,4,5,6,7,8);;;/q-1;+1;;. The number of nitrogens with two attached hydrogens (primary N) is 1. The summed E-state index contributed by atoms with van der Waals surface area (Å²) in [5.41, 5.74) is 9.47. The van der Waals surface area contributed by atoms with E-state index in [-0.39, 0.29) is 11.9 Å². The summed E-state index contributed by atoms with van der Waals surface area (Å²) in [6.45, 7) is 0. The van der Waals surface area contributed by atoms with Gasteiger partial charge in [-0.15, -0.1) is 0 Å². The first-order valence-corrected chi connectivity index (χ1v) is 3.29. The molecule has 7 N–H and O–H groups in total. The van der Waals surface area contributed by atoms with Crippen molar-refractivity contribution in [2.45, 2.75) is 0 Å². The van der Waals surface area contributed by atoms with Gasteiger partial charge >= 0.3 is 16.5 Å². The fraction of sp³-hybridized carbons (Fsp3) is 0. The Labute approximate surface area is 60.8 Å². The average Bonchev–Trinajstić information content (AvgIpc) is 1.83. The molecule has 0 aliphatic carbocycles. The van der Waals surface area contributed by atoms with Crippen LogP contribution in [0.4, 0.5) is 0 Å². The zero-order chi connectivity index (χ0) is 7.28. The second-order valence-electron chi connectivity index (χ2n) is 1.29. The third-order valence-corrected chi connectivity index (χ3v) is 1.07. The molecule has 9 heavy (non-hydrogen) atoms. The molecule has 0 atom stereocenters. The van der Waals surface area contributed by atoms with Crippen LogP contribution in [0.15, 0.2) is 0 Å². The molecule has 6 nitrogen and oxygen atoms in total. The number of hydrogen-bond donors (Lipinski definition) is 6. The van der Waals surface area contributed by atoms with E-state index < -0.39 is 0 Å². The van der Waals surface area contributed by atoms with Crippen LogP contribution in [0.5, 0.6) is 0 Å². The minimum atomic E-state index is -0.211. The van der Waals surface area contributed by atoms with Gasteiger partial charge in [0.1, 0.15) is 0 Å². The number of rotatable bonds is 0. The van der Waals surface area contributed by atoms with Crippen molar-refractivity contribution in [1.82, 2.24) is 15.2 Å². The Morgan fingerprint density at radius 2 is 1.89 bits per heavy atom. The van der Waals surface area contributed by atoms with E-state index in [0.29, 0.717) is 16.5 Å². The van der Waals surface area contributed by atoms with Gasteiger partial charge in [0.2, 0.25) is 5.96 Å². The van der Waals surface area contributed by atoms with Gasteiger partial charge in [-0.3, -0.25) is 21.7 Å². The fourth-order valence-corrected chi connectivity index (χ4v) is 0.317. The summed E-state index contributed by atoms with van der Waals surface area (Å²) in [5.74, 6) is -0.0893. The van der Waals surface area contributed by atoms with Gasteiger partial charge in [-0.2, -0.15) is 0 Å². The zero-order valence-electron chi connectivity index (χ0n) is 5.08. The van der Waals surface area contributed by atoms with Gasteiger partial charge in [0.15, 0.2) is 5.96 Å². The molecular formula is C2H9AlN6. The van der Waals surface area contributed by atoms with Gasteiger partial charge in [-0.1, -0.05) is 0 Å². The van der Waals surface area contributed by atoms with Crippen molar-refractivity contribution in [1.29, 1.82) is 10.8 Å². The lowest BCUT2D eigenvalue weighted by atomic mass is 11.0. The molecule has 0 unspecified atom stereocenters. The highest BCUT2D eigenvalue weighted by atomic mass is 27.1. The van der Waals surface area contributed by atoms with E-state index in [1.807, 2.05) is 0 Å². The lowest BCUT2D eigenvalue weighted by molar-refractivity contribution is 0.824. The first-order chi connectivity index (χ1) is 4.16. The van der Waals surface area contributed by atoms with Crippen LogP contribution < -0.4 is 20.9 Å². The minimum Gasteiger partial charge on any atom is -0.452 e. The van der Waals surface area contributed by atoms with Crippen LogP contribution in [0.2, 0.25) is 0 Å². The summed E-state index contributed by atoms with van der Waals surface area (Å²) < 4.78 is 2.62. The Bertz CT molecular complexity index is 120. The average molecular weight is 144 g/mol. The van der Waals surface area contributed by atoms with Crippen molar-refractivity contribution in [3.05, 3.63) is 0 Å². The SMILES string of the molecule is N=C(N)NNC(=N)[NH][AlH2]. The zero-order valence-corrected chi connectivity index (χ0v) is 7.08. The summed E-state index contributed by atoms with van der Waals surface area (Å²) >= 11 is 0.695. The van der Waals surface area contributed by atoms with Crippen LogP contribution in [0, 0.1) is 10.8 Å². The summed E-state index contributed by atoms with van der Waals surface area (Å²) in [4.78, 5) is 0. The Balaban J connectivity index is 3.28. The van der Waals surface area contributed by atoms with Gasteiger partial charge in [0.25, 0.3) is 0 Å². The highest BCUT2D eigenvalue weighted by Crippen LogP contribution is 1.47. The van der Waals surface area contributed by atoms with Crippen molar-refractivity contribution in [3.8, 4) is 0 Å². The number of nitrogens with one attached hydrogen (secondary N) is 5. The molecule has 50 valence electrons. The second kappa shape index (κ2) is 4.00. The molecule has 0 amide bonds. The molecular weight excluding hydrogens is 135 g/mol. The largest absolute Gasteiger partial charge is 0.452 e. The highest BCUT2D eigenvalue weighted by Gasteiger charge is 1.86. The smallest absolute Gasteiger partial charge is 0.364 e. The molecule has 0 aromatic rings. The Morgan fingerprint density at radius 3 is 2.22 bits per heavy atom. The van der Waals surface area contributed by atoms with E-state index in [1.165, 1.54) is 0 Å². The number of guanidine groups is 2. The summed E-state index contributed by atoms with van der Waals surface area (Å²) in [6.07, 6.45) is 0. The van der Waals surface area contributed by atoms with Crippen LogP contribution in [0.3, 0.4) is 0 Å². The van der Waals surface area contributed by atoms with E-state index in [4.69, 9.17) is 16.6 Å². The molecule has 7 heteroatoms. The van der Waals surface area contributed by atoms with Crippen LogP contribution in [0.1, 0.15) is 0 Å². The van der Waals surface area contributed by atoms with Crippen LogP contribution in [0.25, 0.3) is 0 Å². The normalized spacial score (nSPS) is 7.56. The monoisotopic (exact) mass is 144 g/mol. The molecule has 0 aromatic carbocycles. The topological polar surface area (TPSA) is 110 Å². The van der Waals surface area contributed by atoms with Crippen LogP contribution >= 0.6 is 0 Å². The first kappa shape index (κ1) is 8.07. The maximum absolute atomic E-state index is 6.93. The van der Waals surface area contributed by atoms with Gasteiger partial charge in [0, 0.05) is 0 Å². The summed E-state index contributed by atoms with van der Waals surface area (Å²) in [6, 6.07) is 0. The van der Waals surface area contributed by atoms with Crippen LogP contribution in [-0.4, -0.2) is 28.4 Å². The summed E-state index contributed by atoms with van der Waals surface area (Å²) in [5, 5.41) is 13.6. The fourth-order valence-electron chi connectivity index (χ4n) is 0.192. The lowest BCUT2D eigenvalue weighted by Crippen LogP contribution is -2.49. The quantitative estimate of drug-likeness (QED) is 0.0944. The maximum Gasteiger partial charge on any atom is 0.364 e. The van der Waals surface area contributed by atoms with Gasteiger partial charge in [0.05, 0.1) is 0 Å². The van der Waals surface area contributed by atoms with Crippen molar-refractivity contribution in [3.63, 3.8) is 0 Å². The molecule has 0 fully saturated rings. The first-order valence-electron chi connectivity index (χ1n) is 2.29. The Kier molecular flexibility index (Phi) is 3.59. The molecule has 0 bridgehead atoms. The van der Waals surface area contributed by atoms with Crippen LogP contribution in [-0.2, 0) is 0 Å². The van der Waals surface area contributed by atoms with E-state index in [2.05, 4.69) is 15.2 Å². The van der Waals surface area contributed by atoms with Crippen molar-refractivity contribution < 1.29 is 0 Å². The number of hydrogen-bond acceptors (Lipinski definition) is 2. The second-order valence-corrected chi connectivity index (χ2v) is 1.79. The molecule has 0 saturated carbocycles. The predicted molar refractivity (Wildman–Crippen MR) is 37.6 cm³/mol. The molecule has 0 saturated heterocycles. The lowest BCUT2D eigenvalue weighted by Gasteiger charge is -2.07. The van der Waals surface area contributed by atoms with Gasteiger partial charge in [-0.05, 0) is 0 Å². The Morgan fingerprint density at radius 1 is 1.33 bits per heavy atom. The third kappa shape index (κ3) is 4.93. The van der Waals surface area contributed by atoms with E-state index in [1.54, 1.807) is 0 Å². The van der Waals surface area contributed by atoms with Gasteiger partial charge in [-0.25, -0.2) is 0 Å². The van der Waals surface area contributed by atoms with Crippen molar-refractivity contribution in [2.24, 2.45) is 5.73 Å². The minimum absolute atomic E-state index is 0.122. The molecule has 0 aromatic heterocycles. The highest BCUT2D eigenvalue weighted by molar-refractivity contribution is 6.14. The molecule has 0 heterocycles. The molecule has 0 radical (unpaired) electrons. The Hall–Kier alpha value is -0.928. The molecule has 0 spiro atoms. The van der Waals surface area contributed by atoms with Crippen molar-refractivity contribution in [2.75, 3.05) is 0 Å². The van der Waals surface area contributed by atoms with E-state index >= 15 is 0 Å². The van der Waals surface area contributed by atoms with E-state index in [0.717, 1.165) is 0 Å². The molecule has 0 aliphatic heterocycles. The van der Waals surface area contributed by atoms with Gasteiger partial charge < -0.3 is 10.0 Å². The number of hydrazine groups is 1. The van der Waals surface area contributed by atoms with Crippen molar-refractivity contribution >= 4 is 28.4 Å². The third-order valence-electron chi connectivity index (χ3n) is 0.572. The molecule has 0 aliphatic rings. The van der Waals surface area contributed by atoms with E-state index in [9.17, 15) is 0 Å². The molecule has 0 rings (SSSR count).